The third-order valence-electron chi connectivity index (χ3n) is 13.9. The molecule has 0 unspecified atom stereocenters. The van der Waals surface area contributed by atoms with E-state index in [1.54, 1.807) is 0 Å². The van der Waals surface area contributed by atoms with Crippen molar-refractivity contribution in [2.75, 3.05) is 24.5 Å². The molecule has 4 rings (SSSR count). The number of allylic oxidation sites excluding steroid dienone is 4. The molecule has 2 aromatic rings. The van der Waals surface area contributed by atoms with E-state index >= 15 is 0 Å². The first kappa shape index (κ1) is 49.0. The Morgan fingerprint density at radius 2 is 0.949 bits per heavy atom. The van der Waals surface area contributed by atoms with E-state index < -0.39 is 0 Å². The summed E-state index contributed by atoms with van der Waals surface area (Å²) in [6.07, 6.45) is 47.5. The minimum absolute atomic E-state index is 0.0141. The first-order chi connectivity index (χ1) is 28.8. The highest BCUT2D eigenvalue weighted by molar-refractivity contribution is 6.03. The SMILES string of the molecule is CCCCCCCCCCCCCCCCN1/C(=C\C=C\C2=[N+](CCCCCCCCCCCCCCCCCN)c3ccccc3C2(C)C)C(C)(C)c2ccccc21. The summed E-state index contributed by atoms with van der Waals surface area (Å²) in [5, 5.41) is 0. The summed E-state index contributed by atoms with van der Waals surface area (Å²) in [6, 6.07) is 18.3. The van der Waals surface area contributed by atoms with Crippen LogP contribution in [-0.2, 0) is 10.8 Å². The van der Waals surface area contributed by atoms with Gasteiger partial charge in [-0.1, -0.05) is 224 Å². The average Bonchev–Trinajstić information content (AvgIpc) is 3.58. The number of rotatable bonds is 34. The largest absolute Gasteiger partial charge is 0.344 e. The van der Waals surface area contributed by atoms with Gasteiger partial charge in [0.2, 0.25) is 5.69 Å². The third kappa shape index (κ3) is 16.0. The molecule has 0 amide bonds. The molecule has 0 aromatic heterocycles. The van der Waals surface area contributed by atoms with Crippen LogP contribution in [-0.4, -0.2) is 29.9 Å². The lowest BCUT2D eigenvalue weighted by molar-refractivity contribution is -0.438. The van der Waals surface area contributed by atoms with Gasteiger partial charge in [-0.3, -0.25) is 0 Å². The van der Waals surface area contributed by atoms with Gasteiger partial charge < -0.3 is 10.6 Å². The number of unbranched alkanes of at least 4 members (excludes halogenated alkanes) is 27. The number of fused-ring (bicyclic) bond motifs is 2. The second-order valence-electron chi connectivity index (χ2n) is 19.6. The van der Waals surface area contributed by atoms with Crippen LogP contribution in [0.2, 0.25) is 0 Å². The maximum Gasteiger partial charge on any atom is 0.209 e. The van der Waals surface area contributed by atoms with E-state index in [1.165, 1.54) is 220 Å². The minimum atomic E-state index is -0.0157. The highest BCUT2D eigenvalue weighted by Crippen LogP contribution is 2.48. The Morgan fingerprint density at radius 1 is 0.508 bits per heavy atom. The van der Waals surface area contributed by atoms with Crippen LogP contribution in [0, 0.1) is 0 Å². The van der Waals surface area contributed by atoms with Crippen LogP contribution >= 0.6 is 0 Å². The summed E-state index contributed by atoms with van der Waals surface area (Å²) in [7, 11) is 0. The number of benzene rings is 2. The minimum Gasteiger partial charge on any atom is -0.344 e. The molecule has 0 aliphatic carbocycles. The molecule has 2 aliphatic heterocycles. The van der Waals surface area contributed by atoms with Gasteiger partial charge in [-0.05, 0) is 57.4 Å². The van der Waals surface area contributed by atoms with Crippen LogP contribution in [0.1, 0.15) is 232 Å². The molecule has 0 saturated heterocycles. The van der Waals surface area contributed by atoms with Gasteiger partial charge in [-0.25, -0.2) is 0 Å². The van der Waals surface area contributed by atoms with Gasteiger partial charge in [0.05, 0.1) is 5.41 Å². The molecule has 0 radical (unpaired) electrons. The third-order valence-corrected chi connectivity index (χ3v) is 13.9. The summed E-state index contributed by atoms with van der Waals surface area (Å²) in [5.41, 5.74) is 14.2. The van der Waals surface area contributed by atoms with Crippen molar-refractivity contribution in [2.45, 2.75) is 232 Å². The normalized spacial score (nSPS) is 16.2. The zero-order valence-corrected chi connectivity index (χ0v) is 39.5. The van der Waals surface area contributed by atoms with E-state index in [9.17, 15) is 0 Å². The number of nitrogens with two attached hydrogens (primary N) is 1. The quantitative estimate of drug-likeness (QED) is 0.0564. The smallest absolute Gasteiger partial charge is 0.209 e. The molecule has 2 heterocycles. The van der Waals surface area contributed by atoms with Crippen molar-refractivity contribution in [3.63, 3.8) is 0 Å². The molecule has 3 nitrogen and oxygen atoms in total. The fourth-order valence-corrected chi connectivity index (χ4v) is 10.2. The first-order valence-corrected chi connectivity index (χ1v) is 25.5. The summed E-state index contributed by atoms with van der Waals surface area (Å²) in [6.45, 7) is 15.1. The van der Waals surface area contributed by atoms with Gasteiger partial charge in [-0.15, -0.1) is 0 Å². The molecule has 2 aromatic carbocycles. The highest BCUT2D eigenvalue weighted by Gasteiger charge is 2.44. The van der Waals surface area contributed by atoms with Gasteiger partial charge in [-0.2, -0.15) is 4.58 Å². The lowest BCUT2D eigenvalue weighted by atomic mass is 9.81. The molecule has 59 heavy (non-hydrogen) atoms. The van der Waals surface area contributed by atoms with Crippen molar-refractivity contribution in [3.8, 4) is 0 Å². The van der Waals surface area contributed by atoms with Crippen LogP contribution in [0.15, 0.2) is 72.5 Å². The molecule has 2 N–H and O–H groups in total. The summed E-state index contributed by atoms with van der Waals surface area (Å²) in [4.78, 5) is 2.66. The van der Waals surface area contributed by atoms with Crippen LogP contribution in [0.3, 0.4) is 0 Å². The fourth-order valence-electron chi connectivity index (χ4n) is 10.2. The van der Waals surface area contributed by atoms with Gasteiger partial charge in [0.1, 0.15) is 6.54 Å². The van der Waals surface area contributed by atoms with E-state index in [4.69, 9.17) is 5.73 Å². The van der Waals surface area contributed by atoms with E-state index in [0.29, 0.717) is 0 Å². The van der Waals surface area contributed by atoms with Crippen LogP contribution < -0.4 is 10.6 Å². The van der Waals surface area contributed by atoms with Gasteiger partial charge in [0.25, 0.3) is 0 Å². The maximum absolute atomic E-state index is 5.62. The molecule has 0 atom stereocenters. The lowest BCUT2D eigenvalue weighted by Crippen LogP contribution is -2.28. The van der Waals surface area contributed by atoms with Crippen LogP contribution in [0.25, 0.3) is 0 Å². The monoisotopic (exact) mass is 807 g/mol. The van der Waals surface area contributed by atoms with Gasteiger partial charge in [0, 0.05) is 47.5 Å². The standard InChI is InChI=1S/C56H92N3/c1-6-7-8-9-10-11-12-13-18-21-24-27-30-37-47-58-51-42-34-32-40-49(51)55(2,3)53(58)44-39-45-54-56(4,5)50-41-33-35-43-52(50)59(54)48-38-31-28-25-22-19-16-14-15-17-20-23-26-29-36-46-57/h32-35,39-45H,6-31,36-38,46-48,57H2,1-5H3/q+1. The van der Waals surface area contributed by atoms with E-state index in [0.717, 1.165) is 19.6 Å². The first-order valence-electron chi connectivity index (χ1n) is 25.5. The average molecular weight is 807 g/mol. The summed E-state index contributed by atoms with van der Waals surface area (Å²) < 4.78 is 2.66. The number of hydrogen-bond donors (Lipinski definition) is 1. The Labute approximate surface area is 365 Å². The Balaban J connectivity index is 1.25. The summed E-state index contributed by atoms with van der Waals surface area (Å²) >= 11 is 0. The molecule has 0 bridgehead atoms. The van der Waals surface area contributed by atoms with Crippen molar-refractivity contribution >= 4 is 17.1 Å². The molecular weight excluding hydrogens is 715 g/mol. The molecule has 330 valence electrons. The van der Waals surface area contributed by atoms with E-state index in [1.807, 2.05) is 0 Å². The Morgan fingerprint density at radius 3 is 1.47 bits per heavy atom. The zero-order valence-electron chi connectivity index (χ0n) is 39.5. The Bertz CT molecular complexity index is 1530. The van der Waals surface area contributed by atoms with Crippen molar-refractivity contribution < 1.29 is 4.58 Å². The predicted octanol–water partition coefficient (Wildman–Crippen LogP) is 16.6. The van der Waals surface area contributed by atoms with Crippen molar-refractivity contribution in [3.05, 3.63) is 83.6 Å². The Hall–Kier alpha value is -2.65. The second-order valence-corrected chi connectivity index (χ2v) is 19.6. The predicted molar refractivity (Wildman–Crippen MR) is 262 cm³/mol. The topological polar surface area (TPSA) is 32.3 Å². The molecule has 0 fully saturated rings. The number of hydrogen-bond acceptors (Lipinski definition) is 2. The Kier molecular flexibility index (Phi) is 23.3. The number of nitrogens with zero attached hydrogens (tertiary/aromatic N) is 2. The van der Waals surface area contributed by atoms with Crippen molar-refractivity contribution in [1.82, 2.24) is 0 Å². The van der Waals surface area contributed by atoms with E-state index in [2.05, 4.69) is 111 Å². The lowest BCUT2D eigenvalue weighted by Gasteiger charge is -2.27. The molecule has 0 spiro atoms. The van der Waals surface area contributed by atoms with Crippen LogP contribution in [0.4, 0.5) is 11.4 Å². The fraction of sp³-hybridized carbons (Fsp3) is 0.696. The molecule has 0 saturated carbocycles. The van der Waals surface area contributed by atoms with Crippen molar-refractivity contribution in [1.29, 1.82) is 0 Å². The summed E-state index contributed by atoms with van der Waals surface area (Å²) in [5.74, 6) is 0. The number of anilines is 1. The number of para-hydroxylation sites is 2. The van der Waals surface area contributed by atoms with E-state index in [-0.39, 0.29) is 10.8 Å². The highest BCUT2D eigenvalue weighted by atomic mass is 15.2. The zero-order chi connectivity index (χ0) is 42.0. The van der Waals surface area contributed by atoms with Gasteiger partial charge >= 0.3 is 0 Å². The molecule has 2 aliphatic rings. The maximum atomic E-state index is 5.62. The molecule has 3 heteroatoms. The van der Waals surface area contributed by atoms with Crippen LogP contribution in [0.5, 0.6) is 0 Å². The van der Waals surface area contributed by atoms with Crippen molar-refractivity contribution in [2.24, 2.45) is 5.73 Å². The second kappa shape index (κ2) is 28.0. The van der Waals surface area contributed by atoms with Gasteiger partial charge in [0.15, 0.2) is 5.71 Å². The molecular formula is C56H92N3+.